The molecular weight excluding hydrogens is 271 g/mol. The molecule has 0 aliphatic heterocycles. The quantitative estimate of drug-likeness (QED) is 0.610. The standard InChI is InChI=1S/C12H19O2PS2/c1-3-6-10-8-5-9-12(11(10)7-4-2)14-15(13,16)17/h5,8-9H,3-4,6-7H2,1-2H3,(H2,13,16,17). The largest absolute Gasteiger partial charge is 0.436 e. The Morgan fingerprint density at radius 3 is 2.47 bits per heavy atom. The summed E-state index contributed by atoms with van der Waals surface area (Å²) in [4.78, 5) is 9.55. The van der Waals surface area contributed by atoms with Crippen LogP contribution in [0.2, 0.25) is 0 Å². The first-order valence-electron chi connectivity index (χ1n) is 5.83. The van der Waals surface area contributed by atoms with E-state index < -0.39 is 5.69 Å². The predicted octanol–water partition coefficient (Wildman–Crippen LogP) is 4.12. The Kier molecular flexibility index (Phi) is 6.01. The van der Waals surface area contributed by atoms with E-state index in [2.05, 4.69) is 32.2 Å². The molecule has 1 rings (SSSR count). The summed E-state index contributed by atoms with van der Waals surface area (Å²) in [5, 5.41) is 0. The Balaban J connectivity index is 3.10. The fourth-order valence-corrected chi connectivity index (χ4v) is 2.79. The van der Waals surface area contributed by atoms with E-state index in [-0.39, 0.29) is 0 Å². The molecule has 1 aromatic carbocycles. The van der Waals surface area contributed by atoms with Gasteiger partial charge in [0.2, 0.25) is 0 Å². The third-order valence-corrected chi connectivity index (χ3v) is 3.37. The molecule has 1 unspecified atom stereocenters. The maximum Gasteiger partial charge on any atom is 0.291 e. The number of hydrogen-bond acceptors (Lipinski definition) is 2. The lowest BCUT2D eigenvalue weighted by Crippen LogP contribution is -1.98. The van der Waals surface area contributed by atoms with Crippen molar-refractivity contribution in [3.63, 3.8) is 0 Å². The molecule has 0 bridgehead atoms. The van der Waals surface area contributed by atoms with Gasteiger partial charge in [-0.25, -0.2) is 0 Å². The highest BCUT2D eigenvalue weighted by Crippen LogP contribution is 2.48. The van der Waals surface area contributed by atoms with Gasteiger partial charge in [0.25, 0.3) is 5.69 Å². The zero-order valence-electron chi connectivity index (χ0n) is 10.2. The zero-order chi connectivity index (χ0) is 12.9. The van der Waals surface area contributed by atoms with E-state index in [1.165, 1.54) is 5.56 Å². The topological polar surface area (TPSA) is 29.5 Å². The molecule has 96 valence electrons. The maximum atomic E-state index is 9.55. The van der Waals surface area contributed by atoms with E-state index in [1.54, 1.807) is 0 Å². The first kappa shape index (κ1) is 15.0. The summed E-state index contributed by atoms with van der Waals surface area (Å²) in [5.41, 5.74) is -0.507. The van der Waals surface area contributed by atoms with Crippen LogP contribution in [0.4, 0.5) is 0 Å². The van der Waals surface area contributed by atoms with Crippen LogP contribution >= 0.6 is 17.9 Å². The van der Waals surface area contributed by atoms with Gasteiger partial charge < -0.3 is 9.42 Å². The van der Waals surface area contributed by atoms with Crippen LogP contribution in [0.3, 0.4) is 0 Å². The molecule has 1 atom stereocenters. The molecule has 0 heterocycles. The van der Waals surface area contributed by atoms with Crippen LogP contribution in [0, 0.1) is 0 Å². The van der Waals surface area contributed by atoms with Crippen LogP contribution in [0.5, 0.6) is 5.75 Å². The average molecular weight is 290 g/mol. The van der Waals surface area contributed by atoms with Crippen molar-refractivity contribution in [1.29, 1.82) is 0 Å². The molecule has 0 spiro atoms. The third kappa shape index (κ3) is 5.01. The summed E-state index contributed by atoms with van der Waals surface area (Å²) in [6.45, 7) is 4.28. The molecule has 1 N–H and O–H groups in total. The second-order valence-electron chi connectivity index (χ2n) is 3.98. The van der Waals surface area contributed by atoms with E-state index in [4.69, 9.17) is 16.3 Å². The molecule has 5 heteroatoms. The van der Waals surface area contributed by atoms with Gasteiger partial charge in [0.1, 0.15) is 5.75 Å². The molecule has 1 aromatic rings. The molecule has 0 radical (unpaired) electrons. The van der Waals surface area contributed by atoms with E-state index in [9.17, 15) is 4.89 Å². The highest BCUT2D eigenvalue weighted by molar-refractivity contribution is 8.59. The Morgan fingerprint density at radius 2 is 1.94 bits per heavy atom. The highest BCUT2D eigenvalue weighted by Gasteiger charge is 2.14. The van der Waals surface area contributed by atoms with E-state index in [0.29, 0.717) is 5.75 Å². The summed E-state index contributed by atoms with van der Waals surface area (Å²) >= 11 is 8.75. The minimum atomic E-state index is -2.95. The van der Waals surface area contributed by atoms with Gasteiger partial charge in [0, 0.05) is 0 Å². The van der Waals surface area contributed by atoms with Crippen LogP contribution < -0.4 is 4.52 Å². The lowest BCUT2D eigenvalue weighted by Gasteiger charge is -2.17. The Hall–Kier alpha value is -0.0200. The molecule has 0 saturated carbocycles. The van der Waals surface area contributed by atoms with Gasteiger partial charge in [-0.2, -0.15) is 0 Å². The zero-order valence-corrected chi connectivity index (χ0v) is 12.8. The normalized spacial score (nSPS) is 14.4. The lowest BCUT2D eigenvalue weighted by molar-refractivity contribution is 0.499. The van der Waals surface area contributed by atoms with Crippen molar-refractivity contribution < 1.29 is 9.42 Å². The molecular formula is C12H19O2PS2. The van der Waals surface area contributed by atoms with Gasteiger partial charge in [0.15, 0.2) is 0 Å². The maximum absolute atomic E-state index is 9.55. The minimum Gasteiger partial charge on any atom is -0.436 e. The highest BCUT2D eigenvalue weighted by atomic mass is 32.9. The van der Waals surface area contributed by atoms with Gasteiger partial charge in [-0.15, -0.1) is 0 Å². The number of rotatable bonds is 6. The van der Waals surface area contributed by atoms with Crippen LogP contribution in [-0.2, 0) is 24.6 Å². The summed E-state index contributed by atoms with van der Waals surface area (Å²) in [7, 11) is 0. The molecule has 0 aliphatic rings. The molecule has 0 fully saturated rings. The van der Waals surface area contributed by atoms with Crippen molar-refractivity contribution in [3.8, 4) is 5.75 Å². The van der Waals surface area contributed by atoms with E-state index in [1.807, 2.05) is 12.1 Å². The van der Waals surface area contributed by atoms with Crippen molar-refractivity contribution in [1.82, 2.24) is 0 Å². The predicted molar refractivity (Wildman–Crippen MR) is 80.5 cm³/mol. The van der Waals surface area contributed by atoms with Gasteiger partial charge in [0.05, 0.1) is 0 Å². The summed E-state index contributed by atoms with van der Waals surface area (Å²) < 4.78 is 5.42. The molecule has 0 amide bonds. The van der Waals surface area contributed by atoms with Crippen LogP contribution in [0.1, 0.15) is 37.8 Å². The molecule has 0 aliphatic carbocycles. The fraction of sp³-hybridized carbons (Fsp3) is 0.500. The van der Waals surface area contributed by atoms with Crippen LogP contribution in [0.15, 0.2) is 18.2 Å². The minimum absolute atomic E-state index is 0.693. The summed E-state index contributed by atoms with van der Waals surface area (Å²) in [5.74, 6) is 0.693. The second-order valence-corrected chi connectivity index (χ2v) is 9.06. The van der Waals surface area contributed by atoms with Crippen molar-refractivity contribution >= 4 is 29.7 Å². The van der Waals surface area contributed by atoms with E-state index in [0.717, 1.165) is 31.2 Å². The molecule has 17 heavy (non-hydrogen) atoms. The second kappa shape index (κ2) is 6.79. The fourth-order valence-electron chi connectivity index (χ4n) is 1.86. The van der Waals surface area contributed by atoms with Crippen molar-refractivity contribution in [2.24, 2.45) is 0 Å². The smallest absolute Gasteiger partial charge is 0.291 e. The number of hydrogen-bond donors (Lipinski definition) is 2. The Bertz CT molecular complexity index is 415. The van der Waals surface area contributed by atoms with Gasteiger partial charge in [-0.05, 0) is 41.8 Å². The lowest BCUT2D eigenvalue weighted by atomic mass is 9.99. The van der Waals surface area contributed by atoms with Gasteiger partial charge in [-0.3, -0.25) is 0 Å². The Morgan fingerprint density at radius 1 is 1.29 bits per heavy atom. The molecule has 0 aromatic heterocycles. The van der Waals surface area contributed by atoms with Crippen LogP contribution in [-0.4, -0.2) is 4.89 Å². The van der Waals surface area contributed by atoms with Crippen molar-refractivity contribution in [2.45, 2.75) is 39.5 Å². The first-order chi connectivity index (χ1) is 7.98. The average Bonchev–Trinajstić information content (AvgIpc) is 2.21. The molecule has 0 saturated heterocycles. The molecule has 2 nitrogen and oxygen atoms in total. The number of thiol groups is 1. The first-order valence-corrected chi connectivity index (χ1v) is 9.66. The number of aryl methyl sites for hydroxylation is 1. The van der Waals surface area contributed by atoms with Crippen molar-refractivity contribution in [3.05, 3.63) is 29.3 Å². The SMILES string of the molecule is CCCc1cccc(OP(O)(=S)S)c1CCC. The third-order valence-electron chi connectivity index (χ3n) is 2.47. The summed E-state index contributed by atoms with van der Waals surface area (Å²) in [6, 6.07) is 5.91. The van der Waals surface area contributed by atoms with E-state index >= 15 is 0 Å². The van der Waals surface area contributed by atoms with Gasteiger partial charge in [-0.1, -0.05) is 51.1 Å². The number of benzene rings is 1. The summed E-state index contributed by atoms with van der Waals surface area (Å²) in [6.07, 6.45) is 4.09. The van der Waals surface area contributed by atoms with Crippen molar-refractivity contribution in [2.75, 3.05) is 0 Å². The Labute approximate surface area is 114 Å². The van der Waals surface area contributed by atoms with Crippen LogP contribution in [0.25, 0.3) is 0 Å². The van der Waals surface area contributed by atoms with Gasteiger partial charge >= 0.3 is 0 Å². The monoisotopic (exact) mass is 290 g/mol.